The summed E-state index contributed by atoms with van der Waals surface area (Å²) in [6.07, 6.45) is 0. The minimum atomic E-state index is 0.0627. The number of Topliss-reactive ketones (excluding diaryl/α,β-unsaturated/α-hetero) is 1. The summed E-state index contributed by atoms with van der Waals surface area (Å²) in [5, 5.41) is 3.22. The van der Waals surface area contributed by atoms with E-state index in [0.717, 1.165) is 34.1 Å². The summed E-state index contributed by atoms with van der Waals surface area (Å²) in [7, 11) is 0. The van der Waals surface area contributed by atoms with Crippen LogP contribution < -0.4 is 10.1 Å². The Morgan fingerprint density at radius 3 is 2.44 bits per heavy atom. The van der Waals surface area contributed by atoms with Gasteiger partial charge in [0.2, 0.25) is 0 Å². The van der Waals surface area contributed by atoms with Gasteiger partial charge in [-0.25, -0.2) is 0 Å². The first kappa shape index (κ1) is 18.8. The monoisotopic (exact) mass is 362 g/mol. The van der Waals surface area contributed by atoms with Crippen LogP contribution in [0, 0.1) is 20.8 Å². The highest BCUT2D eigenvalue weighted by Gasteiger charge is 2.17. The highest BCUT2D eigenvalue weighted by molar-refractivity contribution is 6.00. The van der Waals surface area contributed by atoms with Gasteiger partial charge in [-0.1, -0.05) is 29.8 Å². The number of nitrogens with one attached hydrogen (secondary N) is 1. The van der Waals surface area contributed by atoms with Gasteiger partial charge in [-0.2, -0.15) is 0 Å². The van der Waals surface area contributed by atoms with Gasteiger partial charge in [-0.05, 0) is 58.0 Å². The van der Waals surface area contributed by atoms with Crippen molar-refractivity contribution in [2.24, 2.45) is 0 Å². The van der Waals surface area contributed by atoms with Gasteiger partial charge in [0.1, 0.15) is 5.75 Å². The molecule has 4 nitrogen and oxygen atoms in total. The molecular formula is C23H26N2O2. The summed E-state index contributed by atoms with van der Waals surface area (Å²) < 4.78 is 7.74. The lowest BCUT2D eigenvalue weighted by molar-refractivity contribution is 0.101. The van der Waals surface area contributed by atoms with Crippen molar-refractivity contribution in [1.29, 1.82) is 0 Å². The molecule has 3 aromatic rings. The molecule has 0 aliphatic heterocycles. The summed E-state index contributed by atoms with van der Waals surface area (Å²) in [6, 6.07) is 18.0. The zero-order valence-electron chi connectivity index (χ0n) is 16.4. The van der Waals surface area contributed by atoms with E-state index in [1.54, 1.807) is 0 Å². The number of ketones is 1. The Morgan fingerprint density at radius 2 is 1.74 bits per heavy atom. The minimum absolute atomic E-state index is 0.0627. The quantitative estimate of drug-likeness (QED) is 0.595. The van der Waals surface area contributed by atoms with E-state index in [1.807, 2.05) is 51.1 Å². The van der Waals surface area contributed by atoms with Crippen LogP contribution in [0.15, 0.2) is 54.6 Å². The summed E-state index contributed by atoms with van der Waals surface area (Å²) in [5.74, 6) is 0.825. The maximum Gasteiger partial charge on any atom is 0.183 e. The van der Waals surface area contributed by atoms with Crippen molar-refractivity contribution < 1.29 is 9.53 Å². The van der Waals surface area contributed by atoms with E-state index in [0.29, 0.717) is 6.61 Å². The number of carbonyl (C=O) groups excluding carboxylic acids is 1. The van der Waals surface area contributed by atoms with E-state index in [1.165, 1.54) is 5.56 Å². The second-order valence-corrected chi connectivity index (χ2v) is 6.66. The molecule has 0 spiro atoms. The molecule has 0 amide bonds. The van der Waals surface area contributed by atoms with Crippen molar-refractivity contribution in [2.45, 2.75) is 27.7 Å². The number of rotatable bonds is 7. The maximum atomic E-state index is 12.8. The van der Waals surface area contributed by atoms with Gasteiger partial charge < -0.3 is 14.6 Å². The smallest absolute Gasteiger partial charge is 0.183 e. The normalized spacial score (nSPS) is 10.7. The molecule has 0 radical (unpaired) electrons. The largest absolute Gasteiger partial charge is 0.492 e. The Morgan fingerprint density at radius 1 is 1.04 bits per heavy atom. The molecular weight excluding hydrogens is 336 g/mol. The van der Waals surface area contributed by atoms with E-state index in [9.17, 15) is 4.79 Å². The predicted octanol–water partition coefficient (Wildman–Crippen LogP) is 5.10. The summed E-state index contributed by atoms with van der Waals surface area (Å²) in [5.41, 5.74) is 5.88. The molecule has 0 atom stereocenters. The molecule has 1 N–H and O–H groups in total. The van der Waals surface area contributed by atoms with Gasteiger partial charge in [0.05, 0.1) is 18.8 Å². The van der Waals surface area contributed by atoms with E-state index < -0.39 is 0 Å². The van der Waals surface area contributed by atoms with Crippen molar-refractivity contribution in [3.05, 3.63) is 77.1 Å². The molecule has 0 saturated heterocycles. The van der Waals surface area contributed by atoms with Crippen LogP contribution in [0.25, 0.3) is 5.69 Å². The van der Waals surface area contributed by atoms with Crippen LogP contribution >= 0.6 is 0 Å². The van der Waals surface area contributed by atoms with E-state index in [2.05, 4.69) is 41.1 Å². The lowest BCUT2D eigenvalue weighted by Crippen LogP contribution is -2.15. The van der Waals surface area contributed by atoms with Crippen molar-refractivity contribution in [2.75, 3.05) is 18.5 Å². The SMILES string of the molecule is CCOc1ccccc1NCC(=O)c1cc(C)n(-c2ccc(C)cc2)c1C. The molecule has 1 heterocycles. The summed E-state index contributed by atoms with van der Waals surface area (Å²) in [6.45, 7) is 8.85. The summed E-state index contributed by atoms with van der Waals surface area (Å²) in [4.78, 5) is 12.8. The molecule has 140 valence electrons. The van der Waals surface area contributed by atoms with Crippen LogP contribution in [-0.2, 0) is 0 Å². The van der Waals surface area contributed by atoms with Crippen molar-refractivity contribution in [3.8, 4) is 11.4 Å². The third-order valence-electron chi connectivity index (χ3n) is 4.65. The number of hydrogen-bond donors (Lipinski definition) is 1. The Kier molecular flexibility index (Phi) is 5.65. The Bertz CT molecular complexity index is 940. The average Bonchev–Trinajstić information content (AvgIpc) is 2.96. The number of anilines is 1. The fourth-order valence-electron chi connectivity index (χ4n) is 3.30. The molecule has 1 aromatic heterocycles. The fraction of sp³-hybridized carbons (Fsp3) is 0.261. The molecule has 0 saturated carbocycles. The molecule has 0 bridgehead atoms. The minimum Gasteiger partial charge on any atom is -0.492 e. The van der Waals surface area contributed by atoms with Gasteiger partial charge >= 0.3 is 0 Å². The maximum absolute atomic E-state index is 12.8. The zero-order valence-corrected chi connectivity index (χ0v) is 16.4. The summed E-state index contributed by atoms with van der Waals surface area (Å²) >= 11 is 0. The second kappa shape index (κ2) is 8.12. The topological polar surface area (TPSA) is 43.3 Å². The van der Waals surface area contributed by atoms with Gasteiger partial charge in [-0.15, -0.1) is 0 Å². The van der Waals surface area contributed by atoms with E-state index >= 15 is 0 Å². The first-order chi connectivity index (χ1) is 13.0. The van der Waals surface area contributed by atoms with E-state index in [-0.39, 0.29) is 12.3 Å². The highest BCUT2D eigenvalue weighted by atomic mass is 16.5. The van der Waals surface area contributed by atoms with Gasteiger partial charge in [-0.3, -0.25) is 4.79 Å². The number of aryl methyl sites for hydroxylation is 2. The number of ether oxygens (including phenoxy) is 1. The third-order valence-corrected chi connectivity index (χ3v) is 4.65. The van der Waals surface area contributed by atoms with Gasteiger partial charge in [0.25, 0.3) is 0 Å². The zero-order chi connectivity index (χ0) is 19.4. The molecule has 4 heteroatoms. The van der Waals surface area contributed by atoms with E-state index in [4.69, 9.17) is 4.74 Å². The first-order valence-corrected chi connectivity index (χ1v) is 9.26. The fourth-order valence-corrected chi connectivity index (χ4v) is 3.30. The van der Waals surface area contributed by atoms with Crippen LogP contribution in [-0.4, -0.2) is 23.5 Å². The van der Waals surface area contributed by atoms with Crippen LogP contribution in [0.3, 0.4) is 0 Å². The average molecular weight is 362 g/mol. The molecule has 0 unspecified atom stereocenters. The van der Waals surface area contributed by atoms with Crippen molar-refractivity contribution in [1.82, 2.24) is 4.57 Å². The van der Waals surface area contributed by atoms with Crippen LogP contribution in [0.1, 0.15) is 34.2 Å². The molecule has 0 aliphatic carbocycles. The van der Waals surface area contributed by atoms with Gasteiger partial charge in [0.15, 0.2) is 5.78 Å². The van der Waals surface area contributed by atoms with Crippen LogP contribution in [0.5, 0.6) is 5.75 Å². The molecule has 27 heavy (non-hydrogen) atoms. The molecule has 2 aromatic carbocycles. The van der Waals surface area contributed by atoms with Crippen molar-refractivity contribution >= 4 is 11.5 Å². The van der Waals surface area contributed by atoms with Crippen LogP contribution in [0.2, 0.25) is 0 Å². The number of aromatic nitrogens is 1. The van der Waals surface area contributed by atoms with Crippen LogP contribution in [0.4, 0.5) is 5.69 Å². The highest BCUT2D eigenvalue weighted by Crippen LogP contribution is 2.25. The van der Waals surface area contributed by atoms with Crippen molar-refractivity contribution in [3.63, 3.8) is 0 Å². The Hall–Kier alpha value is -3.01. The lowest BCUT2D eigenvalue weighted by Gasteiger charge is -2.12. The number of benzene rings is 2. The first-order valence-electron chi connectivity index (χ1n) is 9.26. The molecule has 0 fully saturated rings. The lowest BCUT2D eigenvalue weighted by atomic mass is 10.1. The number of hydrogen-bond acceptors (Lipinski definition) is 3. The Balaban J connectivity index is 1.80. The molecule has 3 rings (SSSR count). The number of para-hydroxylation sites is 2. The molecule has 0 aliphatic rings. The van der Waals surface area contributed by atoms with Gasteiger partial charge in [0, 0.05) is 22.6 Å². The number of nitrogens with zero attached hydrogens (tertiary/aromatic N) is 1. The standard InChI is InChI=1S/C23H26N2O2/c1-5-27-23-9-7-6-8-21(23)24-15-22(26)20-14-17(3)25(18(20)4)19-12-10-16(2)11-13-19/h6-14,24H,5,15H2,1-4H3. The third kappa shape index (κ3) is 4.05. The Labute approximate surface area is 160 Å². The predicted molar refractivity (Wildman–Crippen MR) is 110 cm³/mol. The number of carbonyl (C=O) groups is 1. The second-order valence-electron chi connectivity index (χ2n) is 6.66.